The number of nitrogens with two attached hydrogens (primary N) is 1. The van der Waals surface area contributed by atoms with Crippen LogP contribution in [-0.4, -0.2) is 11.9 Å². The molecule has 0 heterocycles. The molecule has 120 valence electrons. The molecule has 4 nitrogen and oxygen atoms in total. The number of amides is 1. The molecule has 1 amide bonds. The minimum Gasteiger partial charge on any atom is -0.457 e. The van der Waals surface area contributed by atoms with Crippen molar-refractivity contribution in [2.75, 3.05) is 5.32 Å². The van der Waals surface area contributed by atoms with E-state index in [-0.39, 0.29) is 0 Å². The number of benzene rings is 2. The molecule has 1 aliphatic carbocycles. The Bertz CT molecular complexity index is 689. The number of ether oxygens (including phenoxy) is 1. The molecule has 2 aromatic carbocycles. The maximum atomic E-state index is 11.4. The fraction of sp³-hybridized carbons (Fsp3) is 0.316. The van der Waals surface area contributed by atoms with Crippen LogP contribution in [0.3, 0.4) is 0 Å². The summed E-state index contributed by atoms with van der Waals surface area (Å²) < 4.78 is 5.81. The van der Waals surface area contributed by atoms with Crippen LogP contribution < -0.4 is 15.8 Å². The minimum atomic E-state index is -0.441. The van der Waals surface area contributed by atoms with Crippen molar-refractivity contribution in [2.24, 2.45) is 5.73 Å². The average molecular weight is 310 g/mol. The van der Waals surface area contributed by atoms with Crippen molar-refractivity contribution in [3.8, 4) is 11.5 Å². The van der Waals surface area contributed by atoms with Crippen molar-refractivity contribution < 1.29 is 9.53 Å². The van der Waals surface area contributed by atoms with E-state index < -0.39 is 5.91 Å². The number of primary amides is 1. The predicted molar refractivity (Wildman–Crippen MR) is 92.1 cm³/mol. The molecule has 3 N–H and O–H groups in total. The number of carbonyl (C=O) groups is 1. The van der Waals surface area contributed by atoms with Gasteiger partial charge in [0.2, 0.25) is 5.91 Å². The second-order valence-electron chi connectivity index (χ2n) is 6.09. The number of aryl methyl sites for hydroxylation is 1. The van der Waals surface area contributed by atoms with E-state index in [9.17, 15) is 4.79 Å². The van der Waals surface area contributed by atoms with Crippen LogP contribution in [0, 0.1) is 6.92 Å². The molecule has 0 radical (unpaired) electrons. The molecule has 3 rings (SSSR count). The van der Waals surface area contributed by atoms with Gasteiger partial charge < -0.3 is 15.8 Å². The molecule has 1 fully saturated rings. The Labute approximate surface area is 136 Å². The van der Waals surface area contributed by atoms with Gasteiger partial charge in [-0.15, -0.1) is 0 Å². The molecule has 0 atom stereocenters. The smallest absolute Gasteiger partial charge is 0.249 e. The molecule has 0 aliphatic heterocycles. The van der Waals surface area contributed by atoms with E-state index in [0.29, 0.717) is 17.4 Å². The summed E-state index contributed by atoms with van der Waals surface area (Å²) in [6.45, 7) is 1.85. The van der Waals surface area contributed by atoms with Crippen molar-refractivity contribution in [3.05, 3.63) is 53.6 Å². The number of hydrogen-bond donors (Lipinski definition) is 2. The molecule has 2 aromatic rings. The van der Waals surface area contributed by atoms with Gasteiger partial charge in [-0.3, -0.25) is 4.79 Å². The summed E-state index contributed by atoms with van der Waals surface area (Å²) in [5.74, 6) is 0.909. The van der Waals surface area contributed by atoms with Gasteiger partial charge in [-0.1, -0.05) is 18.9 Å². The van der Waals surface area contributed by atoms with Crippen LogP contribution in [0.25, 0.3) is 0 Å². The summed E-state index contributed by atoms with van der Waals surface area (Å²) in [5.41, 5.74) is 7.82. The zero-order valence-electron chi connectivity index (χ0n) is 13.3. The number of anilines is 1. The van der Waals surface area contributed by atoms with Crippen LogP contribution in [0.2, 0.25) is 0 Å². The van der Waals surface area contributed by atoms with Crippen LogP contribution in [0.1, 0.15) is 41.6 Å². The van der Waals surface area contributed by atoms with Crippen molar-refractivity contribution >= 4 is 11.6 Å². The van der Waals surface area contributed by atoms with Gasteiger partial charge in [0.1, 0.15) is 11.5 Å². The van der Waals surface area contributed by atoms with E-state index in [2.05, 4.69) is 5.32 Å². The van der Waals surface area contributed by atoms with E-state index in [0.717, 1.165) is 17.0 Å². The lowest BCUT2D eigenvalue weighted by Crippen LogP contribution is -2.14. The second kappa shape index (κ2) is 6.73. The highest BCUT2D eigenvalue weighted by Gasteiger charge is 2.14. The van der Waals surface area contributed by atoms with E-state index in [4.69, 9.17) is 10.5 Å². The fourth-order valence-electron chi connectivity index (χ4n) is 2.99. The topological polar surface area (TPSA) is 64.3 Å². The van der Waals surface area contributed by atoms with Gasteiger partial charge in [-0.05, 0) is 61.7 Å². The number of nitrogens with one attached hydrogen (secondary N) is 1. The summed E-state index contributed by atoms with van der Waals surface area (Å²) in [4.78, 5) is 11.4. The maximum absolute atomic E-state index is 11.4. The van der Waals surface area contributed by atoms with Crippen LogP contribution in [-0.2, 0) is 0 Å². The molecule has 1 aliphatic rings. The lowest BCUT2D eigenvalue weighted by molar-refractivity contribution is 0.0999. The number of hydrogen-bond acceptors (Lipinski definition) is 3. The van der Waals surface area contributed by atoms with E-state index in [1.165, 1.54) is 25.7 Å². The van der Waals surface area contributed by atoms with Crippen LogP contribution in [0.5, 0.6) is 11.5 Å². The predicted octanol–water partition coefficient (Wildman–Crippen LogP) is 4.24. The van der Waals surface area contributed by atoms with Gasteiger partial charge in [0, 0.05) is 17.3 Å². The van der Waals surface area contributed by atoms with E-state index in [1.54, 1.807) is 6.07 Å². The van der Waals surface area contributed by atoms with Crippen LogP contribution >= 0.6 is 0 Å². The average Bonchev–Trinajstić information content (AvgIpc) is 3.04. The molecule has 0 aromatic heterocycles. The highest BCUT2D eigenvalue weighted by atomic mass is 16.5. The third-order valence-electron chi connectivity index (χ3n) is 4.29. The van der Waals surface area contributed by atoms with Gasteiger partial charge in [0.25, 0.3) is 0 Å². The molecule has 4 heteroatoms. The van der Waals surface area contributed by atoms with Gasteiger partial charge in [-0.25, -0.2) is 0 Å². The molecule has 0 bridgehead atoms. The Kier molecular flexibility index (Phi) is 4.51. The van der Waals surface area contributed by atoms with Gasteiger partial charge >= 0.3 is 0 Å². The van der Waals surface area contributed by atoms with Gasteiger partial charge in [0.05, 0.1) is 0 Å². The molecular formula is C19H22N2O2. The zero-order valence-corrected chi connectivity index (χ0v) is 13.3. The van der Waals surface area contributed by atoms with Gasteiger partial charge in [0.15, 0.2) is 0 Å². The largest absolute Gasteiger partial charge is 0.457 e. The SMILES string of the molecule is Cc1ccc(Oc2ccc(NC3CCCC3)cc2)cc1C(N)=O. The highest BCUT2D eigenvalue weighted by molar-refractivity contribution is 5.94. The van der Waals surface area contributed by atoms with Gasteiger partial charge in [-0.2, -0.15) is 0 Å². The fourth-order valence-corrected chi connectivity index (χ4v) is 2.99. The third-order valence-corrected chi connectivity index (χ3v) is 4.29. The normalized spacial score (nSPS) is 14.7. The maximum Gasteiger partial charge on any atom is 0.249 e. The van der Waals surface area contributed by atoms with E-state index in [1.807, 2.05) is 43.3 Å². The number of rotatable bonds is 5. The first-order valence-corrected chi connectivity index (χ1v) is 8.07. The monoisotopic (exact) mass is 310 g/mol. The first kappa shape index (κ1) is 15.4. The number of carbonyl (C=O) groups excluding carboxylic acids is 1. The summed E-state index contributed by atoms with van der Waals surface area (Å²) in [6.07, 6.45) is 5.12. The molecule has 0 spiro atoms. The van der Waals surface area contributed by atoms with Crippen molar-refractivity contribution in [1.82, 2.24) is 0 Å². The van der Waals surface area contributed by atoms with Crippen molar-refractivity contribution in [3.63, 3.8) is 0 Å². The van der Waals surface area contributed by atoms with E-state index >= 15 is 0 Å². The summed E-state index contributed by atoms with van der Waals surface area (Å²) in [6, 6.07) is 13.9. The Morgan fingerprint density at radius 3 is 2.39 bits per heavy atom. The third kappa shape index (κ3) is 3.83. The first-order chi connectivity index (χ1) is 11.1. The Hall–Kier alpha value is -2.49. The Morgan fingerprint density at radius 2 is 1.74 bits per heavy atom. The first-order valence-electron chi connectivity index (χ1n) is 8.07. The molecular weight excluding hydrogens is 288 g/mol. The summed E-state index contributed by atoms with van der Waals surface area (Å²) in [5, 5.41) is 3.55. The van der Waals surface area contributed by atoms with Crippen LogP contribution in [0.15, 0.2) is 42.5 Å². The van der Waals surface area contributed by atoms with Crippen molar-refractivity contribution in [1.29, 1.82) is 0 Å². The van der Waals surface area contributed by atoms with Crippen molar-refractivity contribution in [2.45, 2.75) is 38.6 Å². The quantitative estimate of drug-likeness (QED) is 0.868. The summed E-state index contributed by atoms with van der Waals surface area (Å²) >= 11 is 0. The molecule has 0 saturated heterocycles. The molecule has 23 heavy (non-hydrogen) atoms. The lowest BCUT2D eigenvalue weighted by Gasteiger charge is -2.14. The lowest BCUT2D eigenvalue weighted by atomic mass is 10.1. The van der Waals surface area contributed by atoms with Crippen LogP contribution in [0.4, 0.5) is 5.69 Å². The minimum absolute atomic E-state index is 0.441. The Balaban J connectivity index is 1.68. The molecule has 0 unspecified atom stereocenters. The molecule has 1 saturated carbocycles. The second-order valence-corrected chi connectivity index (χ2v) is 6.09. The standard InChI is InChI=1S/C19H22N2O2/c1-13-6-9-17(12-18(13)19(20)22)23-16-10-7-15(8-11-16)21-14-4-2-3-5-14/h6-12,14,21H,2-5H2,1H3,(H2,20,22). The Morgan fingerprint density at radius 1 is 1.09 bits per heavy atom. The zero-order chi connectivity index (χ0) is 16.2. The highest BCUT2D eigenvalue weighted by Crippen LogP contribution is 2.27. The summed E-state index contributed by atoms with van der Waals surface area (Å²) in [7, 11) is 0.